The van der Waals surface area contributed by atoms with Crippen molar-refractivity contribution in [2.45, 2.75) is 44.4 Å². The zero-order valence-corrected chi connectivity index (χ0v) is 17.1. The first-order valence-electron chi connectivity index (χ1n) is 10.7. The van der Waals surface area contributed by atoms with Gasteiger partial charge < -0.3 is 9.64 Å². The number of carbonyl (C=O) groups is 1. The summed E-state index contributed by atoms with van der Waals surface area (Å²) in [6.07, 6.45) is 3.94. The molecule has 2 aromatic rings. The molecule has 0 aromatic heterocycles. The second kappa shape index (κ2) is 9.67. The van der Waals surface area contributed by atoms with Crippen LogP contribution in [0.3, 0.4) is 0 Å². The zero-order valence-electron chi connectivity index (χ0n) is 17.1. The van der Waals surface area contributed by atoms with Crippen LogP contribution in [0.25, 0.3) is 0 Å². The van der Waals surface area contributed by atoms with Crippen LogP contribution < -0.4 is 0 Å². The van der Waals surface area contributed by atoms with Gasteiger partial charge in [0.25, 0.3) is 5.91 Å². The lowest BCUT2D eigenvalue weighted by molar-refractivity contribution is -0.0629. The Labute approximate surface area is 176 Å². The molecule has 0 N–H and O–H groups in total. The second-order valence-electron chi connectivity index (χ2n) is 8.21. The maximum atomic E-state index is 13.9. The summed E-state index contributed by atoms with van der Waals surface area (Å²) >= 11 is 0. The largest absolute Gasteiger partial charge is 0.375 e. The number of hydrogen-bond acceptors (Lipinski definition) is 3. The molecule has 2 aliphatic heterocycles. The monoisotopic (exact) mass is 414 g/mol. The number of benzene rings is 2. The number of rotatable bonds is 5. The average Bonchev–Trinajstić information content (AvgIpc) is 2.76. The van der Waals surface area contributed by atoms with Gasteiger partial charge in [-0.3, -0.25) is 9.69 Å². The highest BCUT2D eigenvalue weighted by Crippen LogP contribution is 2.23. The first-order chi connectivity index (χ1) is 14.6. The van der Waals surface area contributed by atoms with Gasteiger partial charge in [-0.05, 0) is 43.4 Å². The van der Waals surface area contributed by atoms with Crippen LogP contribution in [0.15, 0.2) is 48.5 Å². The van der Waals surface area contributed by atoms with Gasteiger partial charge >= 0.3 is 0 Å². The fourth-order valence-corrected chi connectivity index (χ4v) is 4.35. The summed E-state index contributed by atoms with van der Waals surface area (Å²) in [5.74, 6) is -1.85. The van der Waals surface area contributed by atoms with Crippen LogP contribution in [0.2, 0.25) is 0 Å². The van der Waals surface area contributed by atoms with Crippen molar-refractivity contribution in [2.24, 2.45) is 0 Å². The summed E-state index contributed by atoms with van der Waals surface area (Å²) in [6.45, 7) is 4.11. The lowest BCUT2D eigenvalue weighted by Gasteiger charge is -2.37. The van der Waals surface area contributed by atoms with E-state index in [9.17, 15) is 13.6 Å². The highest BCUT2D eigenvalue weighted by molar-refractivity contribution is 5.94. The molecule has 4 rings (SSSR count). The van der Waals surface area contributed by atoms with E-state index in [1.165, 1.54) is 11.6 Å². The molecule has 2 aliphatic rings. The molecule has 4 nitrogen and oxygen atoms in total. The molecular weight excluding hydrogens is 386 g/mol. The molecule has 2 heterocycles. The number of carbonyl (C=O) groups excluding carboxylic acids is 1. The Morgan fingerprint density at radius 2 is 1.53 bits per heavy atom. The molecular formula is C24H28F2N2O2. The SMILES string of the molecule is O=C(c1ccc(F)cc1F)N1CCC(OC2CCN(Cc3ccccc3)CC2)CC1. The fraction of sp³-hybridized carbons (Fsp3) is 0.458. The molecule has 30 heavy (non-hydrogen) atoms. The molecule has 160 valence electrons. The number of piperidine rings is 2. The summed E-state index contributed by atoms with van der Waals surface area (Å²) in [4.78, 5) is 16.6. The summed E-state index contributed by atoms with van der Waals surface area (Å²) in [7, 11) is 0. The first-order valence-corrected chi connectivity index (χ1v) is 10.7. The predicted octanol–water partition coefficient (Wildman–Crippen LogP) is 4.25. The van der Waals surface area contributed by atoms with E-state index >= 15 is 0 Å². The van der Waals surface area contributed by atoms with Crippen molar-refractivity contribution in [1.29, 1.82) is 0 Å². The average molecular weight is 414 g/mol. The number of likely N-dealkylation sites (tertiary alicyclic amines) is 2. The van der Waals surface area contributed by atoms with Crippen LogP contribution >= 0.6 is 0 Å². The quantitative estimate of drug-likeness (QED) is 0.733. The Kier molecular flexibility index (Phi) is 6.75. The van der Waals surface area contributed by atoms with Crippen molar-refractivity contribution in [3.8, 4) is 0 Å². The molecule has 6 heteroatoms. The highest BCUT2D eigenvalue weighted by atomic mass is 19.1. The molecule has 0 bridgehead atoms. The van der Waals surface area contributed by atoms with Crippen LogP contribution in [-0.2, 0) is 11.3 Å². The lowest BCUT2D eigenvalue weighted by atomic mass is 10.0. The van der Waals surface area contributed by atoms with E-state index in [1.807, 2.05) is 6.07 Å². The molecule has 0 radical (unpaired) electrons. The third-order valence-electron chi connectivity index (χ3n) is 6.06. The number of hydrogen-bond donors (Lipinski definition) is 0. The Hall–Kier alpha value is -2.31. The Balaban J connectivity index is 1.20. The van der Waals surface area contributed by atoms with Crippen molar-refractivity contribution in [3.05, 3.63) is 71.3 Å². The van der Waals surface area contributed by atoms with Gasteiger partial charge in [0.05, 0.1) is 17.8 Å². The molecule has 2 saturated heterocycles. The van der Waals surface area contributed by atoms with E-state index in [-0.39, 0.29) is 23.7 Å². The van der Waals surface area contributed by atoms with Gasteiger partial charge in [-0.15, -0.1) is 0 Å². The third kappa shape index (κ3) is 5.24. The molecule has 1 amide bonds. The van der Waals surface area contributed by atoms with Crippen molar-refractivity contribution in [3.63, 3.8) is 0 Å². The Morgan fingerprint density at radius 3 is 2.17 bits per heavy atom. The van der Waals surface area contributed by atoms with Crippen molar-refractivity contribution >= 4 is 5.91 Å². The first kappa shape index (κ1) is 20.9. The van der Waals surface area contributed by atoms with E-state index in [0.29, 0.717) is 13.1 Å². The lowest BCUT2D eigenvalue weighted by Crippen LogP contribution is -2.43. The molecule has 2 fully saturated rings. The van der Waals surface area contributed by atoms with Gasteiger partial charge in [0.2, 0.25) is 0 Å². The van der Waals surface area contributed by atoms with Crippen LogP contribution in [0.5, 0.6) is 0 Å². The van der Waals surface area contributed by atoms with Gasteiger partial charge in [-0.1, -0.05) is 30.3 Å². The standard InChI is InChI=1S/C24H28F2N2O2/c25-19-6-7-22(23(26)16-19)24(29)28-14-10-21(11-15-28)30-20-8-12-27(13-9-20)17-18-4-2-1-3-5-18/h1-7,16,20-21H,8-15,17H2. The van der Waals surface area contributed by atoms with Crippen LogP contribution in [0.1, 0.15) is 41.6 Å². The summed E-state index contributed by atoms with van der Waals surface area (Å²) < 4.78 is 33.3. The van der Waals surface area contributed by atoms with Gasteiger partial charge in [0.1, 0.15) is 11.6 Å². The van der Waals surface area contributed by atoms with E-state index in [2.05, 4.69) is 29.2 Å². The van der Waals surface area contributed by atoms with Gasteiger partial charge in [0, 0.05) is 38.8 Å². The van der Waals surface area contributed by atoms with E-state index in [4.69, 9.17) is 4.74 Å². The van der Waals surface area contributed by atoms with Crippen molar-refractivity contribution < 1.29 is 18.3 Å². The summed E-state index contributed by atoms with van der Waals surface area (Å²) in [6, 6.07) is 13.6. The van der Waals surface area contributed by atoms with Crippen LogP contribution in [-0.4, -0.2) is 54.1 Å². The number of nitrogens with zero attached hydrogens (tertiary/aromatic N) is 2. The van der Waals surface area contributed by atoms with Gasteiger partial charge in [0.15, 0.2) is 0 Å². The number of ether oxygens (including phenoxy) is 1. The molecule has 0 atom stereocenters. The van der Waals surface area contributed by atoms with Gasteiger partial charge in [-0.25, -0.2) is 8.78 Å². The maximum Gasteiger partial charge on any atom is 0.256 e. The predicted molar refractivity (Wildman–Crippen MR) is 111 cm³/mol. The Morgan fingerprint density at radius 1 is 0.900 bits per heavy atom. The minimum atomic E-state index is -0.805. The topological polar surface area (TPSA) is 32.8 Å². The normalized spacial score (nSPS) is 19.2. The molecule has 0 aliphatic carbocycles. The van der Waals surface area contributed by atoms with Gasteiger partial charge in [-0.2, -0.15) is 0 Å². The maximum absolute atomic E-state index is 13.9. The third-order valence-corrected chi connectivity index (χ3v) is 6.06. The fourth-order valence-electron chi connectivity index (χ4n) is 4.35. The molecule has 0 unspecified atom stereocenters. The molecule has 2 aromatic carbocycles. The summed E-state index contributed by atoms with van der Waals surface area (Å²) in [5, 5.41) is 0. The van der Waals surface area contributed by atoms with Crippen LogP contribution in [0, 0.1) is 11.6 Å². The van der Waals surface area contributed by atoms with E-state index in [1.54, 1.807) is 4.90 Å². The molecule has 0 spiro atoms. The van der Waals surface area contributed by atoms with Crippen molar-refractivity contribution in [1.82, 2.24) is 9.80 Å². The van der Waals surface area contributed by atoms with E-state index < -0.39 is 11.6 Å². The number of amides is 1. The van der Waals surface area contributed by atoms with E-state index in [0.717, 1.165) is 57.5 Å². The smallest absolute Gasteiger partial charge is 0.256 e. The minimum absolute atomic E-state index is 0.0680. The second-order valence-corrected chi connectivity index (χ2v) is 8.21. The minimum Gasteiger partial charge on any atom is -0.375 e. The zero-order chi connectivity index (χ0) is 20.9. The Bertz CT molecular complexity index is 846. The van der Waals surface area contributed by atoms with Crippen molar-refractivity contribution in [2.75, 3.05) is 26.2 Å². The van der Waals surface area contributed by atoms with Crippen LogP contribution in [0.4, 0.5) is 8.78 Å². The number of halogens is 2. The summed E-state index contributed by atoms with van der Waals surface area (Å²) in [5.41, 5.74) is 1.27. The highest BCUT2D eigenvalue weighted by Gasteiger charge is 2.28. The molecule has 0 saturated carbocycles.